The molecule has 0 aliphatic carbocycles. The van der Waals surface area contributed by atoms with Crippen LogP contribution in [0.1, 0.15) is 0 Å². The van der Waals surface area contributed by atoms with Crippen molar-refractivity contribution in [1.82, 2.24) is 24.9 Å². The zero-order chi connectivity index (χ0) is 37.0. The van der Waals surface area contributed by atoms with Gasteiger partial charge in [-0.15, -0.1) is 11.3 Å². The summed E-state index contributed by atoms with van der Waals surface area (Å²) in [6, 6.07) is 60.0. The number of hydrogen-bond donors (Lipinski definition) is 0. The molecule has 11 rings (SSSR count). The van der Waals surface area contributed by atoms with E-state index in [4.69, 9.17) is 29.3 Å². The monoisotopic (exact) mass is 735 g/mol. The van der Waals surface area contributed by atoms with Crippen LogP contribution >= 0.6 is 11.3 Å². The molecule has 0 N–H and O–H groups in total. The molecule has 0 aliphatic heterocycles. The van der Waals surface area contributed by atoms with Crippen LogP contribution in [0.4, 0.5) is 0 Å². The number of nitrogens with zero attached hydrogens (tertiary/aromatic N) is 5. The predicted molar refractivity (Wildman–Crippen MR) is 228 cm³/mol. The summed E-state index contributed by atoms with van der Waals surface area (Å²) in [7, 11) is 0. The summed E-state index contributed by atoms with van der Waals surface area (Å²) in [6.45, 7) is 0. The van der Waals surface area contributed by atoms with Gasteiger partial charge < -0.3 is 4.42 Å². The molecule has 0 aliphatic rings. The maximum Gasteiger partial charge on any atom is 0.180 e. The lowest BCUT2D eigenvalue weighted by Crippen LogP contribution is -2.00. The quantitative estimate of drug-likeness (QED) is 0.169. The van der Waals surface area contributed by atoms with E-state index in [0.717, 1.165) is 66.5 Å². The molecule has 4 aromatic heterocycles. The summed E-state index contributed by atoms with van der Waals surface area (Å²) in [5, 5.41) is 3.29. The molecule has 0 fully saturated rings. The second-order valence-corrected chi connectivity index (χ2v) is 14.7. The van der Waals surface area contributed by atoms with E-state index >= 15 is 0 Å². The van der Waals surface area contributed by atoms with Gasteiger partial charge >= 0.3 is 0 Å². The lowest BCUT2D eigenvalue weighted by molar-refractivity contribution is 0.667. The molecule has 0 atom stereocenters. The molecule has 0 unspecified atom stereocenters. The van der Waals surface area contributed by atoms with Crippen molar-refractivity contribution in [3.63, 3.8) is 0 Å². The van der Waals surface area contributed by atoms with Gasteiger partial charge in [-0.05, 0) is 35.4 Å². The Balaban J connectivity index is 0.999. The normalized spacial score (nSPS) is 11.6. The van der Waals surface area contributed by atoms with E-state index < -0.39 is 0 Å². The molecule has 6 nitrogen and oxygen atoms in total. The molecule has 4 heterocycles. The lowest BCUT2D eigenvalue weighted by Gasteiger charge is -2.09. The van der Waals surface area contributed by atoms with Crippen molar-refractivity contribution in [2.75, 3.05) is 0 Å². The first-order chi connectivity index (χ1) is 27.7. The van der Waals surface area contributed by atoms with Crippen LogP contribution in [0.2, 0.25) is 0 Å². The van der Waals surface area contributed by atoms with Gasteiger partial charge in [-0.2, -0.15) is 0 Å². The van der Waals surface area contributed by atoms with Gasteiger partial charge in [0.2, 0.25) is 0 Å². The highest BCUT2D eigenvalue weighted by Crippen LogP contribution is 2.42. The molecule has 262 valence electrons. The average Bonchev–Trinajstić information content (AvgIpc) is 3.85. The minimum absolute atomic E-state index is 0.649. The molecule has 0 amide bonds. The largest absolute Gasteiger partial charge is 0.452 e. The van der Waals surface area contributed by atoms with Crippen molar-refractivity contribution in [3.8, 4) is 67.9 Å². The maximum atomic E-state index is 6.38. The summed E-state index contributed by atoms with van der Waals surface area (Å²) < 4.78 is 8.76. The molecule has 0 bridgehead atoms. The molecule has 0 spiro atoms. The predicted octanol–water partition coefficient (Wildman–Crippen LogP) is 12.9. The van der Waals surface area contributed by atoms with E-state index in [1.165, 1.54) is 14.8 Å². The van der Waals surface area contributed by atoms with Gasteiger partial charge in [0.25, 0.3) is 0 Å². The van der Waals surface area contributed by atoms with Crippen LogP contribution in [-0.4, -0.2) is 24.9 Å². The van der Waals surface area contributed by atoms with Crippen molar-refractivity contribution in [3.05, 3.63) is 176 Å². The average molecular weight is 736 g/mol. The van der Waals surface area contributed by atoms with E-state index in [9.17, 15) is 0 Å². The smallest absolute Gasteiger partial charge is 0.180 e. The Bertz CT molecular complexity index is 3180. The summed E-state index contributed by atoms with van der Waals surface area (Å²) >= 11 is 1.78. The standard InChI is InChI=1S/C49H29N5OS/c1-4-13-32(14-5-1)46-50-43(45-44(51-46)36-19-10-11-21-39(36)55-45)31-25-23-30(24-26-31)35-27-28-37-41(29-35)56-40-22-12-20-38(42(37)40)49-53-47(33-15-6-2-7-16-33)52-48(54-49)34-17-8-3-9-18-34/h1-29H. The fourth-order valence-corrected chi connectivity index (χ4v) is 8.62. The van der Waals surface area contributed by atoms with E-state index in [2.05, 4.69) is 66.7 Å². The second kappa shape index (κ2) is 13.2. The number of benzene rings is 7. The van der Waals surface area contributed by atoms with Crippen molar-refractivity contribution >= 4 is 53.6 Å². The van der Waals surface area contributed by atoms with Gasteiger partial charge in [0.15, 0.2) is 28.9 Å². The summed E-state index contributed by atoms with van der Waals surface area (Å²) in [4.78, 5) is 25.1. The van der Waals surface area contributed by atoms with E-state index in [-0.39, 0.29) is 0 Å². The molecule has 0 saturated carbocycles. The topological polar surface area (TPSA) is 77.6 Å². The van der Waals surface area contributed by atoms with Crippen LogP contribution in [0.3, 0.4) is 0 Å². The first kappa shape index (κ1) is 32.1. The summed E-state index contributed by atoms with van der Waals surface area (Å²) in [5.41, 5.74) is 10.1. The SMILES string of the molecule is c1ccc(-c2nc(-c3ccccc3)nc(-c3cccc4sc5cc(-c6ccc(-c7nc(-c8ccccc8)nc8c7oc7ccccc78)cc6)ccc5c34)n2)cc1. The van der Waals surface area contributed by atoms with Gasteiger partial charge in [-0.25, -0.2) is 24.9 Å². The molecule has 7 heteroatoms. The molecule has 11 aromatic rings. The Morgan fingerprint density at radius 3 is 1.62 bits per heavy atom. The zero-order valence-electron chi connectivity index (χ0n) is 29.8. The second-order valence-electron chi connectivity index (χ2n) is 13.6. The highest BCUT2D eigenvalue weighted by Gasteiger charge is 2.20. The van der Waals surface area contributed by atoms with Crippen LogP contribution in [0, 0.1) is 0 Å². The Kier molecular flexibility index (Phi) is 7.57. The Hall–Kier alpha value is -7.35. The molecular weight excluding hydrogens is 707 g/mol. The third-order valence-electron chi connectivity index (χ3n) is 10.2. The van der Waals surface area contributed by atoms with Crippen molar-refractivity contribution in [2.24, 2.45) is 0 Å². The van der Waals surface area contributed by atoms with Crippen LogP contribution in [0.5, 0.6) is 0 Å². The van der Waals surface area contributed by atoms with Crippen LogP contribution in [0.15, 0.2) is 180 Å². The Morgan fingerprint density at radius 2 is 0.946 bits per heavy atom. The molecule has 0 saturated heterocycles. The van der Waals surface area contributed by atoms with Crippen molar-refractivity contribution in [1.29, 1.82) is 0 Å². The van der Waals surface area contributed by atoms with Crippen molar-refractivity contribution in [2.45, 2.75) is 0 Å². The highest BCUT2D eigenvalue weighted by atomic mass is 32.1. The molecule has 0 radical (unpaired) electrons. The van der Waals surface area contributed by atoms with E-state index in [1.54, 1.807) is 11.3 Å². The highest BCUT2D eigenvalue weighted by molar-refractivity contribution is 7.26. The van der Waals surface area contributed by atoms with Gasteiger partial charge in [-0.3, -0.25) is 0 Å². The summed E-state index contributed by atoms with van der Waals surface area (Å²) in [6.07, 6.45) is 0. The van der Waals surface area contributed by atoms with Crippen molar-refractivity contribution < 1.29 is 4.42 Å². The van der Waals surface area contributed by atoms with E-state index in [1.807, 2.05) is 109 Å². The van der Waals surface area contributed by atoms with E-state index in [0.29, 0.717) is 28.9 Å². The number of rotatable bonds is 6. The van der Waals surface area contributed by atoms with Gasteiger partial charge in [0.05, 0.1) is 0 Å². The third kappa shape index (κ3) is 5.52. The molecule has 7 aromatic carbocycles. The Morgan fingerprint density at radius 1 is 0.375 bits per heavy atom. The lowest BCUT2D eigenvalue weighted by atomic mass is 10.00. The van der Waals surface area contributed by atoms with Crippen LogP contribution in [-0.2, 0) is 0 Å². The minimum atomic E-state index is 0.649. The van der Waals surface area contributed by atoms with Gasteiger partial charge in [-0.1, -0.05) is 152 Å². The van der Waals surface area contributed by atoms with Crippen LogP contribution in [0.25, 0.3) is 110 Å². The maximum absolute atomic E-state index is 6.38. The fourth-order valence-electron chi connectivity index (χ4n) is 7.44. The molecule has 56 heavy (non-hydrogen) atoms. The number of thiophene rings is 1. The zero-order valence-corrected chi connectivity index (χ0v) is 30.6. The number of fused-ring (bicyclic) bond motifs is 6. The fraction of sp³-hybridized carbons (Fsp3) is 0. The number of furan rings is 1. The van der Waals surface area contributed by atoms with Gasteiger partial charge in [0, 0.05) is 53.4 Å². The first-order valence-electron chi connectivity index (χ1n) is 18.4. The Labute approximate surface area is 325 Å². The first-order valence-corrected chi connectivity index (χ1v) is 19.2. The summed E-state index contributed by atoms with van der Waals surface area (Å²) in [5.74, 6) is 2.62. The van der Waals surface area contributed by atoms with Crippen LogP contribution < -0.4 is 0 Å². The number of para-hydroxylation sites is 1. The number of aromatic nitrogens is 5. The number of hydrogen-bond acceptors (Lipinski definition) is 7. The van der Waals surface area contributed by atoms with Gasteiger partial charge in [0.1, 0.15) is 16.8 Å². The minimum Gasteiger partial charge on any atom is -0.452 e. The molecular formula is C49H29N5OS. The third-order valence-corrected chi connectivity index (χ3v) is 11.3.